The molecule has 5 nitrogen and oxygen atoms in total. The van der Waals surface area contributed by atoms with Crippen LogP contribution in [-0.2, 0) is 22.4 Å². The van der Waals surface area contributed by atoms with Crippen LogP contribution in [0.2, 0.25) is 0 Å². The molecule has 3 aromatic rings. The van der Waals surface area contributed by atoms with Crippen LogP contribution in [0.15, 0.2) is 51.9 Å². The Kier molecular flexibility index (Phi) is 5.15. The van der Waals surface area contributed by atoms with Crippen LogP contribution in [0.4, 0.5) is 30.7 Å². The van der Waals surface area contributed by atoms with Crippen molar-refractivity contribution in [2.75, 3.05) is 0 Å². The Morgan fingerprint density at radius 1 is 0.867 bits per heavy atom. The molecular weight excluding hydrogens is 445 g/mol. The van der Waals surface area contributed by atoms with Gasteiger partial charge in [0.2, 0.25) is 10.0 Å². The van der Waals surface area contributed by atoms with Gasteiger partial charge in [0.15, 0.2) is 11.5 Å². The van der Waals surface area contributed by atoms with Crippen LogP contribution in [0.3, 0.4) is 0 Å². The first-order valence-electron chi connectivity index (χ1n) is 7.77. The zero-order valence-electron chi connectivity index (χ0n) is 14.3. The van der Waals surface area contributed by atoms with Gasteiger partial charge >= 0.3 is 12.4 Å². The Hall–Kier alpha value is -2.93. The minimum atomic E-state index is -5.06. The number of primary sulfonamides is 1. The molecule has 160 valence electrons. The Labute approximate surface area is 164 Å². The smallest absolute Gasteiger partial charge is 0.355 e. The lowest BCUT2D eigenvalue weighted by atomic mass is 9.98. The third-order valence-corrected chi connectivity index (χ3v) is 4.91. The summed E-state index contributed by atoms with van der Waals surface area (Å²) < 4.78 is 120. The van der Waals surface area contributed by atoms with E-state index in [-0.39, 0.29) is 5.56 Å². The Morgan fingerprint density at radius 3 is 1.90 bits per heavy atom. The van der Waals surface area contributed by atoms with Gasteiger partial charge in [0.25, 0.3) is 0 Å². The molecule has 0 saturated heterocycles. The molecular formula is C17H9F7N2O3S. The molecule has 0 aliphatic rings. The van der Waals surface area contributed by atoms with Crippen LogP contribution in [0, 0.1) is 5.82 Å². The first-order valence-corrected chi connectivity index (χ1v) is 9.31. The molecule has 0 aliphatic carbocycles. The molecule has 2 aromatic carbocycles. The van der Waals surface area contributed by atoms with Crippen molar-refractivity contribution < 1.29 is 43.7 Å². The average Bonchev–Trinajstić information content (AvgIpc) is 3.05. The van der Waals surface area contributed by atoms with E-state index in [0.29, 0.717) is 24.3 Å². The van der Waals surface area contributed by atoms with Gasteiger partial charge < -0.3 is 4.52 Å². The van der Waals surface area contributed by atoms with Crippen molar-refractivity contribution in [3.8, 4) is 22.5 Å². The molecule has 0 atom stereocenters. The summed E-state index contributed by atoms with van der Waals surface area (Å²) in [7, 11) is -4.48. The largest absolute Gasteiger partial charge is 0.437 e. The number of benzene rings is 2. The van der Waals surface area contributed by atoms with E-state index in [4.69, 9.17) is 9.66 Å². The maximum Gasteiger partial charge on any atom is 0.437 e. The fourth-order valence-electron chi connectivity index (χ4n) is 2.65. The predicted molar refractivity (Wildman–Crippen MR) is 88.7 cm³/mol. The summed E-state index contributed by atoms with van der Waals surface area (Å²) in [6.07, 6.45) is -9.73. The van der Waals surface area contributed by atoms with Crippen LogP contribution in [0.1, 0.15) is 11.3 Å². The minimum absolute atomic E-state index is 0.197. The van der Waals surface area contributed by atoms with Crippen molar-refractivity contribution in [3.63, 3.8) is 0 Å². The van der Waals surface area contributed by atoms with Gasteiger partial charge in [0, 0.05) is 5.56 Å². The number of hydrogen-bond donors (Lipinski definition) is 1. The second kappa shape index (κ2) is 7.09. The standard InChI is InChI=1S/C17H9F7N2O3S/c18-11-7-9(3-6-12(11)30(25,27)28)13-14(29-26-15(13)17(22,23)24)8-1-4-10(5-2-8)16(19,20)21/h1-7H,(H2,25,27,28). The van der Waals surface area contributed by atoms with Crippen molar-refractivity contribution in [2.45, 2.75) is 17.2 Å². The number of nitrogens with zero attached hydrogens (tertiary/aromatic N) is 1. The second-order valence-electron chi connectivity index (χ2n) is 6.00. The van der Waals surface area contributed by atoms with E-state index in [1.54, 1.807) is 0 Å². The molecule has 0 bridgehead atoms. The number of alkyl halides is 6. The second-order valence-corrected chi connectivity index (χ2v) is 7.53. The van der Waals surface area contributed by atoms with Gasteiger partial charge in [-0.2, -0.15) is 26.3 Å². The van der Waals surface area contributed by atoms with Gasteiger partial charge in [-0.05, 0) is 29.8 Å². The highest BCUT2D eigenvalue weighted by atomic mass is 32.2. The molecule has 0 aliphatic heterocycles. The van der Waals surface area contributed by atoms with E-state index in [1.165, 1.54) is 0 Å². The molecule has 0 saturated carbocycles. The average molecular weight is 454 g/mol. The van der Waals surface area contributed by atoms with Crippen LogP contribution >= 0.6 is 0 Å². The van der Waals surface area contributed by atoms with Gasteiger partial charge in [-0.3, -0.25) is 0 Å². The summed E-state index contributed by atoms with van der Waals surface area (Å²) in [5, 5.41) is 7.75. The van der Waals surface area contributed by atoms with Crippen molar-refractivity contribution in [1.82, 2.24) is 5.16 Å². The fraction of sp³-hybridized carbons (Fsp3) is 0.118. The third-order valence-electron chi connectivity index (χ3n) is 3.96. The van der Waals surface area contributed by atoms with Crippen LogP contribution in [0.5, 0.6) is 0 Å². The topological polar surface area (TPSA) is 86.2 Å². The van der Waals surface area contributed by atoms with E-state index < -0.39 is 61.2 Å². The maximum atomic E-state index is 14.2. The van der Waals surface area contributed by atoms with E-state index in [2.05, 4.69) is 5.16 Å². The van der Waals surface area contributed by atoms with Crippen molar-refractivity contribution >= 4 is 10.0 Å². The number of sulfonamides is 1. The summed E-state index contributed by atoms with van der Waals surface area (Å²) in [5.74, 6) is -2.01. The summed E-state index contributed by atoms with van der Waals surface area (Å²) in [4.78, 5) is -0.952. The molecule has 0 fully saturated rings. The van der Waals surface area contributed by atoms with Gasteiger partial charge in [-0.15, -0.1) is 0 Å². The Bertz CT molecular complexity index is 1200. The number of rotatable bonds is 3. The highest BCUT2D eigenvalue weighted by Crippen LogP contribution is 2.43. The SMILES string of the molecule is NS(=O)(=O)c1ccc(-c2c(C(F)(F)F)noc2-c2ccc(C(F)(F)F)cc2)cc1F. The summed E-state index contributed by atoms with van der Waals surface area (Å²) in [6.45, 7) is 0. The van der Waals surface area contributed by atoms with E-state index in [1.807, 2.05) is 0 Å². The molecule has 0 unspecified atom stereocenters. The molecule has 30 heavy (non-hydrogen) atoms. The predicted octanol–water partition coefficient (Wildman–Crippen LogP) is 4.83. The number of nitrogens with two attached hydrogens (primary N) is 1. The maximum absolute atomic E-state index is 14.2. The molecule has 1 aromatic heterocycles. The lowest BCUT2D eigenvalue weighted by Crippen LogP contribution is -2.14. The molecule has 1 heterocycles. The molecule has 0 spiro atoms. The summed E-state index contributed by atoms with van der Waals surface area (Å²) in [5.41, 5.74) is -4.06. The van der Waals surface area contributed by atoms with Crippen LogP contribution in [0.25, 0.3) is 22.5 Å². The van der Waals surface area contributed by atoms with Crippen LogP contribution in [-0.4, -0.2) is 13.6 Å². The van der Waals surface area contributed by atoms with Gasteiger partial charge in [-0.1, -0.05) is 23.4 Å². The molecule has 13 heteroatoms. The highest BCUT2D eigenvalue weighted by Gasteiger charge is 2.40. The summed E-state index contributed by atoms with van der Waals surface area (Å²) >= 11 is 0. The van der Waals surface area contributed by atoms with Gasteiger partial charge in [-0.25, -0.2) is 17.9 Å². The van der Waals surface area contributed by atoms with Crippen molar-refractivity contribution in [1.29, 1.82) is 0 Å². The minimum Gasteiger partial charge on any atom is -0.355 e. The Morgan fingerprint density at radius 2 is 1.43 bits per heavy atom. The zero-order chi connectivity index (χ0) is 22.5. The van der Waals surface area contributed by atoms with Gasteiger partial charge in [0.05, 0.1) is 11.1 Å². The molecule has 2 N–H and O–H groups in total. The van der Waals surface area contributed by atoms with Crippen molar-refractivity contribution in [3.05, 3.63) is 59.5 Å². The quantitative estimate of drug-likeness (QED) is 0.575. The lowest BCUT2D eigenvalue weighted by molar-refractivity contribution is -0.142. The molecule has 3 rings (SSSR count). The molecule has 0 amide bonds. The first kappa shape index (κ1) is 21.8. The highest BCUT2D eigenvalue weighted by molar-refractivity contribution is 7.89. The third kappa shape index (κ3) is 4.16. The zero-order valence-corrected chi connectivity index (χ0v) is 15.2. The number of aromatic nitrogens is 1. The number of hydrogen-bond acceptors (Lipinski definition) is 4. The van der Waals surface area contributed by atoms with E-state index in [9.17, 15) is 39.2 Å². The monoisotopic (exact) mass is 454 g/mol. The first-order chi connectivity index (χ1) is 13.7. The van der Waals surface area contributed by atoms with E-state index >= 15 is 0 Å². The lowest BCUT2D eigenvalue weighted by Gasteiger charge is -2.10. The normalized spacial score (nSPS) is 12.9. The summed E-state index contributed by atoms with van der Waals surface area (Å²) in [6, 6.07) is 4.96. The van der Waals surface area contributed by atoms with E-state index in [0.717, 1.165) is 18.2 Å². The van der Waals surface area contributed by atoms with Gasteiger partial charge in [0.1, 0.15) is 10.7 Å². The molecule has 0 radical (unpaired) electrons. The Balaban J connectivity index is 2.21. The van der Waals surface area contributed by atoms with Crippen LogP contribution < -0.4 is 5.14 Å². The van der Waals surface area contributed by atoms with Crippen molar-refractivity contribution in [2.24, 2.45) is 5.14 Å². The number of halogens is 7. The fourth-order valence-corrected chi connectivity index (χ4v) is 3.23.